The van der Waals surface area contributed by atoms with Crippen molar-refractivity contribution >= 4 is 12.7 Å². The quantitative estimate of drug-likeness (QED) is 0.795. The molecule has 0 aromatic carbocycles. The van der Waals surface area contributed by atoms with Crippen molar-refractivity contribution < 1.29 is 14.4 Å². The van der Waals surface area contributed by atoms with Crippen LogP contribution in [0.25, 0.3) is 0 Å². The molecule has 1 aromatic heterocycles. The van der Waals surface area contributed by atoms with E-state index in [9.17, 15) is 9.90 Å². The third kappa shape index (κ3) is 2.82. The van der Waals surface area contributed by atoms with Gasteiger partial charge >= 0.3 is 7.12 Å². The van der Waals surface area contributed by atoms with Gasteiger partial charge in [-0.1, -0.05) is 6.07 Å². The van der Waals surface area contributed by atoms with Crippen molar-refractivity contribution in [3.8, 4) is 0 Å². The first-order chi connectivity index (χ1) is 9.12. The molecule has 1 aliphatic rings. The van der Waals surface area contributed by atoms with Gasteiger partial charge in [-0.05, 0) is 46.6 Å². The molecule has 1 unspecified atom stereocenters. The molecule has 1 fully saturated rings. The van der Waals surface area contributed by atoms with E-state index in [0.717, 1.165) is 5.56 Å². The Hall–Kier alpha value is -1.11. The topological polar surface area (TPSA) is 71.5 Å². The minimum atomic E-state index is -0.623. The maximum absolute atomic E-state index is 11.6. The van der Waals surface area contributed by atoms with Gasteiger partial charge in [0.1, 0.15) is 0 Å². The normalized spacial score (nSPS) is 22.0. The van der Waals surface area contributed by atoms with E-state index in [1.54, 1.807) is 13.0 Å². The van der Waals surface area contributed by atoms with Gasteiger partial charge in [-0.25, -0.2) is 0 Å². The molecule has 5 nitrogen and oxygen atoms in total. The molecular formula is C14H22BNO4. The fourth-order valence-electron chi connectivity index (χ4n) is 2.19. The Kier molecular flexibility index (Phi) is 3.84. The number of hydrogen-bond acceptors (Lipinski definition) is 4. The van der Waals surface area contributed by atoms with Crippen molar-refractivity contribution in [2.45, 2.75) is 58.3 Å². The van der Waals surface area contributed by atoms with Gasteiger partial charge in [0.2, 0.25) is 5.56 Å². The lowest BCUT2D eigenvalue weighted by molar-refractivity contribution is 0.00578. The van der Waals surface area contributed by atoms with E-state index in [0.29, 0.717) is 12.0 Å². The van der Waals surface area contributed by atoms with Crippen molar-refractivity contribution in [1.29, 1.82) is 0 Å². The van der Waals surface area contributed by atoms with Crippen LogP contribution in [0.3, 0.4) is 0 Å². The standard InChI is InChI=1S/C14H22BNO4/c1-9(17)8-10-6-7-11(18)16-12(10)15-19-13(2,3)14(4,5)20-15/h6-7,9,17H,8H2,1-5H3,(H,16,18). The summed E-state index contributed by atoms with van der Waals surface area (Å²) in [6, 6.07) is 3.17. The fraction of sp³-hybridized carbons (Fsp3) is 0.643. The van der Waals surface area contributed by atoms with E-state index in [1.807, 2.05) is 27.7 Å². The summed E-state index contributed by atoms with van der Waals surface area (Å²) in [5, 5.41) is 9.57. The molecule has 1 aromatic rings. The fourth-order valence-corrected chi connectivity index (χ4v) is 2.19. The number of hydrogen-bond donors (Lipinski definition) is 2. The SMILES string of the molecule is CC(O)Cc1ccc(=O)[nH]c1B1OC(C)(C)C(C)(C)O1. The van der Waals surface area contributed by atoms with Crippen LogP contribution in [0.5, 0.6) is 0 Å². The van der Waals surface area contributed by atoms with Crippen molar-refractivity contribution in [3.05, 3.63) is 28.0 Å². The van der Waals surface area contributed by atoms with Gasteiger partial charge in [-0.3, -0.25) is 4.79 Å². The number of aromatic nitrogens is 1. The van der Waals surface area contributed by atoms with Crippen molar-refractivity contribution in [3.63, 3.8) is 0 Å². The van der Waals surface area contributed by atoms with Crippen LogP contribution in [-0.4, -0.2) is 34.5 Å². The van der Waals surface area contributed by atoms with Crippen LogP contribution in [0, 0.1) is 0 Å². The Morgan fingerprint density at radius 2 is 1.80 bits per heavy atom. The Morgan fingerprint density at radius 1 is 1.25 bits per heavy atom. The van der Waals surface area contributed by atoms with Crippen LogP contribution >= 0.6 is 0 Å². The highest BCUT2D eigenvalue weighted by atomic mass is 16.7. The molecule has 1 atom stereocenters. The number of pyridine rings is 1. The second kappa shape index (κ2) is 5.02. The molecule has 0 spiro atoms. The largest absolute Gasteiger partial charge is 0.512 e. The molecule has 1 aliphatic heterocycles. The first-order valence-electron chi connectivity index (χ1n) is 6.88. The predicted molar refractivity (Wildman–Crippen MR) is 78.2 cm³/mol. The highest BCUT2D eigenvalue weighted by Crippen LogP contribution is 2.36. The molecule has 2 heterocycles. The zero-order valence-corrected chi connectivity index (χ0v) is 12.7. The van der Waals surface area contributed by atoms with E-state index >= 15 is 0 Å². The third-order valence-corrected chi connectivity index (χ3v) is 4.04. The monoisotopic (exact) mass is 279 g/mol. The molecule has 110 valence electrons. The predicted octanol–water partition coefficient (Wildman–Crippen LogP) is 0.597. The Labute approximate surface area is 119 Å². The Morgan fingerprint density at radius 3 is 2.30 bits per heavy atom. The number of rotatable bonds is 3. The molecule has 0 radical (unpaired) electrons. The summed E-state index contributed by atoms with van der Waals surface area (Å²) >= 11 is 0. The van der Waals surface area contributed by atoms with Gasteiger partial charge in [0, 0.05) is 6.07 Å². The van der Waals surface area contributed by atoms with Crippen molar-refractivity contribution in [1.82, 2.24) is 4.98 Å². The van der Waals surface area contributed by atoms with Gasteiger partial charge in [-0.2, -0.15) is 0 Å². The first-order valence-corrected chi connectivity index (χ1v) is 6.88. The highest BCUT2D eigenvalue weighted by molar-refractivity contribution is 6.61. The summed E-state index contributed by atoms with van der Waals surface area (Å²) in [4.78, 5) is 14.4. The van der Waals surface area contributed by atoms with Gasteiger partial charge in [0.15, 0.2) is 0 Å². The van der Waals surface area contributed by atoms with E-state index in [2.05, 4.69) is 4.98 Å². The second-order valence-electron chi connectivity index (χ2n) is 6.40. The van der Waals surface area contributed by atoms with Crippen molar-refractivity contribution in [2.75, 3.05) is 0 Å². The average Bonchev–Trinajstić information content (AvgIpc) is 2.50. The Bertz CT molecular complexity index is 534. The summed E-state index contributed by atoms with van der Waals surface area (Å²) in [5.74, 6) is 0. The third-order valence-electron chi connectivity index (χ3n) is 4.04. The molecule has 0 bridgehead atoms. The summed E-state index contributed by atoms with van der Waals surface area (Å²) in [6.07, 6.45) is -0.0574. The molecule has 2 N–H and O–H groups in total. The zero-order chi connectivity index (χ0) is 15.1. The average molecular weight is 279 g/mol. The summed E-state index contributed by atoms with van der Waals surface area (Å²) in [6.45, 7) is 9.55. The zero-order valence-electron chi connectivity index (χ0n) is 12.7. The lowest BCUT2D eigenvalue weighted by Crippen LogP contribution is -2.42. The highest BCUT2D eigenvalue weighted by Gasteiger charge is 2.52. The van der Waals surface area contributed by atoms with Gasteiger partial charge in [0.25, 0.3) is 0 Å². The van der Waals surface area contributed by atoms with Gasteiger partial charge in [-0.15, -0.1) is 0 Å². The van der Waals surface area contributed by atoms with E-state index in [1.165, 1.54) is 6.07 Å². The molecule has 0 saturated carbocycles. The summed E-state index contributed by atoms with van der Waals surface area (Å²) < 4.78 is 11.9. The maximum atomic E-state index is 11.6. The summed E-state index contributed by atoms with van der Waals surface area (Å²) in [5.41, 5.74) is 0.290. The number of aromatic amines is 1. The number of aliphatic hydroxyl groups is 1. The smallest absolute Gasteiger partial charge is 0.398 e. The molecule has 1 saturated heterocycles. The number of aliphatic hydroxyl groups excluding tert-OH is 1. The molecule has 6 heteroatoms. The lowest BCUT2D eigenvalue weighted by Gasteiger charge is -2.32. The first kappa shape index (κ1) is 15.3. The van der Waals surface area contributed by atoms with Gasteiger partial charge in [0.05, 0.1) is 22.9 Å². The number of nitrogens with one attached hydrogen (secondary N) is 1. The minimum Gasteiger partial charge on any atom is -0.398 e. The maximum Gasteiger partial charge on any atom is 0.512 e. The minimum absolute atomic E-state index is 0.205. The summed E-state index contributed by atoms with van der Waals surface area (Å²) in [7, 11) is -0.623. The van der Waals surface area contributed by atoms with Crippen LogP contribution in [0.1, 0.15) is 40.2 Å². The van der Waals surface area contributed by atoms with Gasteiger partial charge < -0.3 is 19.4 Å². The second-order valence-corrected chi connectivity index (χ2v) is 6.40. The molecule has 0 amide bonds. The van der Waals surface area contributed by atoms with Crippen LogP contribution in [-0.2, 0) is 15.7 Å². The van der Waals surface area contributed by atoms with Crippen LogP contribution in [0.4, 0.5) is 0 Å². The van der Waals surface area contributed by atoms with Crippen LogP contribution in [0.2, 0.25) is 0 Å². The number of H-pyrrole nitrogens is 1. The Balaban J connectivity index is 2.38. The molecule has 20 heavy (non-hydrogen) atoms. The lowest BCUT2D eigenvalue weighted by atomic mass is 9.79. The van der Waals surface area contributed by atoms with E-state index < -0.39 is 24.4 Å². The van der Waals surface area contributed by atoms with Crippen LogP contribution in [0.15, 0.2) is 16.9 Å². The van der Waals surface area contributed by atoms with Crippen LogP contribution < -0.4 is 11.2 Å². The van der Waals surface area contributed by atoms with E-state index in [4.69, 9.17) is 9.31 Å². The van der Waals surface area contributed by atoms with E-state index in [-0.39, 0.29) is 5.56 Å². The molecule has 2 rings (SSSR count). The molecular weight excluding hydrogens is 257 g/mol. The van der Waals surface area contributed by atoms with Crippen molar-refractivity contribution in [2.24, 2.45) is 0 Å². The molecule has 0 aliphatic carbocycles.